The molecule has 7 nitrogen and oxygen atoms in total. The average molecular weight is 314 g/mol. The zero-order chi connectivity index (χ0) is 15.7. The molecule has 0 spiro atoms. The van der Waals surface area contributed by atoms with Crippen molar-refractivity contribution in [1.29, 1.82) is 0 Å². The second-order valence-corrected chi connectivity index (χ2v) is 6.03. The summed E-state index contributed by atoms with van der Waals surface area (Å²) in [6.45, 7) is 5.65. The van der Waals surface area contributed by atoms with Gasteiger partial charge in [0.05, 0.1) is 11.4 Å². The van der Waals surface area contributed by atoms with E-state index in [-0.39, 0.29) is 11.6 Å². The molecular formula is C14H14N6OS. The number of hydrogen-bond acceptors (Lipinski definition) is 6. The summed E-state index contributed by atoms with van der Waals surface area (Å²) in [4.78, 5) is 12.3. The predicted octanol–water partition coefficient (Wildman–Crippen LogP) is 2.30. The van der Waals surface area contributed by atoms with Crippen molar-refractivity contribution >= 4 is 22.4 Å². The topological polar surface area (TPSA) is 85.6 Å². The molecule has 0 aliphatic carbocycles. The molecule has 0 unspecified atom stereocenters. The van der Waals surface area contributed by atoms with Crippen LogP contribution < -0.4 is 5.32 Å². The first-order valence-electron chi connectivity index (χ1n) is 6.65. The van der Waals surface area contributed by atoms with Gasteiger partial charge in [0.2, 0.25) is 5.13 Å². The number of amides is 1. The van der Waals surface area contributed by atoms with Crippen LogP contribution in [0.5, 0.6) is 0 Å². The highest BCUT2D eigenvalue weighted by Gasteiger charge is 2.18. The van der Waals surface area contributed by atoms with E-state index in [9.17, 15) is 4.79 Å². The third-order valence-electron chi connectivity index (χ3n) is 3.13. The van der Waals surface area contributed by atoms with Crippen molar-refractivity contribution < 1.29 is 4.79 Å². The molecule has 2 heterocycles. The van der Waals surface area contributed by atoms with E-state index in [0.29, 0.717) is 10.8 Å². The molecule has 8 heteroatoms. The number of rotatable bonds is 3. The number of aryl methyl sites for hydroxylation is 2. The van der Waals surface area contributed by atoms with Gasteiger partial charge in [-0.1, -0.05) is 34.2 Å². The Labute approximate surface area is 131 Å². The molecule has 1 amide bonds. The zero-order valence-electron chi connectivity index (χ0n) is 12.4. The molecule has 2 aromatic heterocycles. The van der Waals surface area contributed by atoms with Crippen molar-refractivity contribution in [2.24, 2.45) is 0 Å². The maximum absolute atomic E-state index is 12.3. The van der Waals surface area contributed by atoms with Gasteiger partial charge in [-0.15, -0.1) is 15.3 Å². The summed E-state index contributed by atoms with van der Waals surface area (Å²) in [6.07, 6.45) is 0. The standard InChI is InChI=1S/C14H14N6OS/c1-8-4-6-11(7-5-8)20-9(2)12(17-19-20)13(21)15-14-18-16-10(3)22-14/h4-7H,1-3H3,(H,15,18,21). The molecular weight excluding hydrogens is 300 g/mol. The van der Waals surface area contributed by atoms with Crippen molar-refractivity contribution in [3.05, 3.63) is 46.2 Å². The van der Waals surface area contributed by atoms with Gasteiger partial charge in [-0.3, -0.25) is 10.1 Å². The molecule has 3 aromatic rings. The summed E-state index contributed by atoms with van der Waals surface area (Å²) in [5.41, 5.74) is 2.96. The van der Waals surface area contributed by atoms with Gasteiger partial charge >= 0.3 is 0 Å². The minimum Gasteiger partial charge on any atom is -0.295 e. The molecule has 1 N–H and O–H groups in total. The lowest BCUT2D eigenvalue weighted by molar-refractivity contribution is 0.102. The highest BCUT2D eigenvalue weighted by molar-refractivity contribution is 7.15. The van der Waals surface area contributed by atoms with E-state index >= 15 is 0 Å². The molecule has 0 fully saturated rings. The number of aromatic nitrogens is 5. The molecule has 3 rings (SSSR count). The van der Waals surface area contributed by atoms with Gasteiger partial charge in [0.25, 0.3) is 5.91 Å². The molecule has 0 saturated heterocycles. The molecule has 1 aromatic carbocycles. The minimum atomic E-state index is -0.341. The summed E-state index contributed by atoms with van der Waals surface area (Å²) in [5.74, 6) is -0.341. The molecule has 0 aliphatic rings. The lowest BCUT2D eigenvalue weighted by Crippen LogP contribution is -2.14. The van der Waals surface area contributed by atoms with Crippen LogP contribution in [0.4, 0.5) is 5.13 Å². The van der Waals surface area contributed by atoms with Gasteiger partial charge in [0.1, 0.15) is 5.01 Å². The van der Waals surface area contributed by atoms with Gasteiger partial charge in [-0.25, -0.2) is 4.68 Å². The Morgan fingerprint density at radius 2 is 1.82 bits per heavy atom. The molecule has 112 valence electrons. The predicted molar refractivity (Wildman–Crippen MR) is 83.4 cm³/mol. The maximum atomic E-state index is 12.3. The second-order valence-electron chi connectivity index (χ2n) is 4.85. The van der Waals surface area contributed by atoms with Gasteiger partial charge < -0.3 is 0 Å². The van der Waals surface area contributed by atoms with Crippen LogP contribution in [0.2, 0.25) is 0 Å². The van der Waals surface area contributed by atoms with Crippen molar-refractivity contribution in [3.63, 3.8) is 0 Å². The monoisotopic (exact) mass is 314 g/mol. The summed E-state index contributed by atoms with van der Waals surface area (Å²) < 4.78 is 1.64. The van der Waals surface area contributed by atoms with Gasteiger partial charge in [-0.2, -0.15) is 0 Å². The van der Waals surface area contributed by atoms with Crippen LogP contribution in [-0.2, 0) is 0 Å². The van der Waals surface area contributed by atoms with Crippen LogP contribution in [0, 0.1) is 20.8 Å². The fraction of sp³-hybridized carbons (Fsp3) is 0.214. The molecule has 0 saturated carbocycles. The Bertz CT molecular complexity index is 820. The van der Waals surface area contributed by atoms with Crippen molar-refractivity contribution in [3.8, 4) is 5.69 Å². The molecule has 0 atom stereocenters. The number of nitrogens with one attached hydrogen (secondary N) is 1. The van der Waals surface area contributed by atoms with E-state index in [0.717, 1.165) is 16.3 Å². The highest BCUT2D eigenvalue weighted by Crippen LogP contribution is 2.17. The third kappa shape index (κ3) is 2.73. The van der Waals surface area contributed by atoms with Crippen molar-refractivity contribution in [2.75, 3.05) is 5.32 Å². The quantitative estimate of drug-likeness (QED) is 0.801. The molecule has 0 radical (unpaired) electrons. The summed E-state index contributed by atoms with van der Waals surface area (Å²) in [7, 11) is 0. The first-order chi connectivity index (χ1) is 10.5. The first-order valence-corrected chi connectivity index (χ1v) is 7.47. The molecule has 22 heavy (non-hydrogen) atoms. The highest BCUT2D eigenvalue weighted by atomic mass is 32.1. The number of carbonyl (C=O) groups excluding carboxylic acids is 1. The Hall–Kier alpha value is -2.61. The van der Waals surface area contributed by atoms with Crippen LogP contribution in [0.1, 0.15) is 26.8 Å². The zero-order valence-corrected chi connectivity index (χ0v) is 13.2. The number of hydrogen-bond donors (Lipinski definition) is 1. The average Bonchev–Trinajstić information content (AvgIpc) is 3.06. The lowest BCUT2D eigenvalue weighted by Gasteiger charge is -2.04. The van der Waals surface area contributed by atoms with E-state index in [4.69, 9.17) is 0 Å². The normalized spacial score (nSPS) is 10.7. The fourth-order valence-corrected chi connectivity index (χ4v) is 2.56. The summed E-state index contributed by atoms with van der Waals surface area (Å²) in [5, 5.41) is 19.7. The van der Waals surface area contributed by atoms with Gasteiger partial charge in [-0.05, 0) is 32.9 Å². The lowest BCUT2D eigenvalue weighted by atomic mass is 10.2. The minimum absolute atomic E-state index is 0.272. The van der Waals surface area contributed by atoms with Crippen LogP contribution >= 0.6 is 11.3 Å². The Kier molecular flexibility index (Phi) is 3.68. The third-order valence-corrected chi connectivity index (χ3v) is 3.89. The Balaban J connectivity index is 1.86. The van der Waals surface area contributed by atoms with Gasteiger partial charge in [0, 0.05) is 0 Å². The SMILES string of the molecule is Cc1ccc(-n2nnc(C(=O)Nc3nnc(C)s3)c2C)cc1. The molecule has 0 bridgehead atoms. The summed E-state index contributed by atoms with van der Waals surface area (Å²) >= 11 is 1.31. The van der Waals surface area contributed by atoms with Crippen LogP contribution in [0.3, 0.4) is 0 Å². The van der Waals surface area contributed by atoms with Crippen LogP contribution in [0.25, 0.3) is 5.69 Å². The fourth-order valence-electron chi connectivity index (χ4n) is 1.97. The smallest absolute Gasteiger partial charge is 0.279 e. The van der Waals surface area contributed by atoms with Crippen LogP contribution in [-0.4, -0.2) is 31.1 Å². The van der Waals surface area contributed by atoms with Gasteiger partial charge in [0.15, 0.2) is 5.69 Å². The second kappa shape index (κ2) is 5.64. The van der Waals surface area contributed by atoms with E-state index in [2.05, 4.69) is 25.8 Å². The summed E-state index contributed by atoms with van der Waals surface area (Å²) in [6, 6.07) is 7.85. The largest absolute Gasteiger partial charge is 0.295 e. The van der Waals surface area contributed by atoms with E-state index in [1.165, 1.54) is 11.3 Å². The number of carbonyl (C=O) groups is 1. The molecule has 0 aliphatic heterocycles. The van der Waals surface area contributed by atoms with E-state index < -0.39 is 0 Å². The van der Waals surface area contributed by atoms with E-state index in [1.54, 1.807) is 11.6 Å². The Morgan fingerprint density at radius 1 is 1.09 bits per heavy atom. The Morgan fingerprint density at radius 3 is 2.45 bits per heavy atom. The van der Waals surface area contributed by atoms with Crippen molar-refractivity contribution in [1.82, 2.24) is 25.2 Å². The van der Waals surface area contributed by atoms with Crippen molar-refractivity contribution in [2.45, 2.75) is 20.8 Å². The number of nitrogens with zero attached hydrogens (tertiary/aromatic N) is 5. The number of benzene rings is 1. The van der Waals surface area contributed by atoms with E-state index in [1.807, 2.05) is 38.1 Å². The maximum Gasteiger partial charge on any atom is 0.279 e. The number of anilines is 1. The van der Waals surface area contributed by atoms with Crippen LogP contribution in [0.15, 0.2) is 24.3 Å². The first kappa shape index (κ1) is 14.3.